The van der Waals surface area contributed by atoms with Gasteiger partial charge in [-0.3, -0.25) is 9.69 Å². The maximum Gasteiger partial charge on any atom is 0.253 e. The monoisotopic (exact) mass is 470 g/mol. The number of piperazine rings is 1. The van der Waals surface area contributed by atoms with Crippen molar-refractivity contribution in [3.63, 3.8) is 0 Å². The molecule has 0 bridgehead atoms. The van der Waals surface area contributed by atoms with Crippen LogP contribution < -0.4 is 0 Å². The smallest absolute Gasteiger partial charge is 0.253 e. The number of benzene rings is 1. The fourth-order valence-corrected chi connectivity index (χ4v) is 6.10. The highest BCUT2D eigenvalue weighted by molar-refractivity contribution is 7.89. The largest absolute Gasteiger partial charge is 0.336 e. The van der Waals surface area contributed by atoms with Crippen molar-refractivity contribution in [3.8, 4) is 0 Å². The van der Waals surface area contributed by atoms with E-state index in [9.17, 15) is 13.2 Å². The lowest BCUT2D eigenvalue weighted by Gasteiger charge is -2.34. The summed E-state index contributed by atoms with van der Waals surface area (Å²) >= 11 is 7.82. The molecule has 7 nitrogen and oxygen atoms in total. The second kappa shape index (κ2) is 9.74. The van der Waals surface area contributed by atoms with Crippen LogP contribution >= 0.6 is 22.9 Å². The fourth-order valence-electron chi connectivity index (χ4n) is 3.54. The van der Waals surface area contributed by atoms with Gasteiger partial charge in [0.05, 0.1) is 15.7 Å². The summed E-state index contributed by atoms with van der Waals surface area (Å²) in [5, 5.41) is 3.25. The highest BCUT2D eigenvalue weighted by atomic mass is 35.5. The second-order valence-corrected chi connectivity index (χ2v) is 10.5. The molecule has 2 heterocycles. The molecule has 1 aromatic carbocycles. The van der Waals surface area contributed by atoms with Gasteiger partial charge in [0.2, 0.25) is 10.0 Å². The van der Waals surface area contributed by atoms with Gasteiger partial charge in [-0.15, -0.1) is 11.3 Å². The van der Waals surface area contributed by atoms with Gasteiger partial charge in [-0.1, -0.05) is 25.4 Å². The number of sulfonamides is 1. The first-order valence-corrected chi connectivity index (χ1v) is 12.7. The first-order chi connectivity index (χ1) is 14.3. The molecular formula is C20H27ClN4O3S2. The minimum Gasteiger partial charge on any atom is -0.336 e. The summed E-state index contributed by atoms with van der Waals surface area (Å²) in [6.45, 7) is 9.67. The van der Waals surface area contributed by atoms with E-state index < -0.39 is 10.0 Å². The zero-order chi connectivity index (χ0) is 21.9. The van der Waals surface area contributed by atoms with Gasteiger partial charge in [-0.25, -0.2) is 13.4 Å². The third kappa shape index (κ3) is 5.03. The van der Waals surface area contributed by atoms with Gasteiger partial charge in [0.1, 0.15) is 4.90 Å². The van der Waals surface area contributed by atoms with E-state index in [0.29, 0.717) is 31.7 Å². The predicted molar refractivity (Wildman–Crippen MR) is 120 cm³/mol. The molecule has 0 aliphatic carbocycles. The van der Waals surface area contributed by atoms with Gasteiger partial charge in [0.25, 0.3) is 5.91 Å². The van der Waals surface area contributed by atoms with Gasteiger partial charge in [-0.2, -0.15) is 4.31 Å². The summed E-state index contributed by atoms with van der Waals surface area (Å²) in [5.74, 6) is -0.174. The van der Waals surface area contributed by atoms with Crippen molar-refractivity contribution in [2.45, 2.75) is 32.2 Å². The molecule has 1 saturated heterocycles. The molecule has 3 rings (SSSR count). The number of aromatic nitrogens is 1. The topological polar surface area (TPSA) is 73.8 Å². The van der Waals surface area contributed by atoms with E-state index in [1.54, 1.807) is 36.2 Å². The van der Waals surface area contributed by atoms with Gasteiger partial charge in [0, 0.05) is 56.8 Å². The molecule has 0 N–H and O–H groups in total. The quantitative estimate of drug-likeness (QED) is 0.621. The molecule has 164 valence electrons. The Labute approximate surface area is 187 Å². The number of thiazole rings is 1. The Morgan fingerprint density at radius 2 is 1.87 bits per heavy atom. The van der Waals surface area contributed by atoms with Crippen molar-refractivity contribution in [1.29, 1.82) is 0 Å². The minimum atomic E-state index is -3.74. The summed E-state index contributed by atoms with van der Waals surface area (Å²) in [5.41, 5.74) is 1.40. The molecule has 0 unspecified atom stereocenters. The van der Waals surface area contributed by atoms with E-state index in [2.05, 4.69) is 15.3 Å². The second-order valence-electron chi connectivity index (χ2n) is 7.16. The molecule has 1 aliphatic heterocycles. The molecule has 2 aromatic rings. The molecular weight excluding hydrogens is 444 g/mol. The molecule has 0 saturated carbocycles. The zero-order valence-corrected chi connectivity index (χ0v) is 19.9. The van der Waals surface area contributed by atoms with Crippen LogP contribution in [0.25, 0.3) is 0 Å². The first-order valence-electron chi connectivity index (χ1n) is 9.98. The highest BCUT2D eigenvalue weighted by Crippen LogP contribution is 2.26. The Morgan fingerprint density at radius 1 is 1.20 bits per heavy atom. The van der Waals surface area contributed by atoms with Crippen molar-refractivity contribution < 1.29 is 13.2 Å². The Kier molecular flexibility index (Phi) is 7.52. The predicted octanol–water partition coefficient (Wildman–Crippen LogP) is 3.09. The standard InChI is InChI=1S/C20H27ClN4O3S2/c1-4-25(5-2)30(27,28)19-12-16(6-7-18(19)21)20(26)24-10-8-23(9-11-24)13-17-14-29-15(3)22-17/h6-7,12,14H,4-5,8-11,13H2,1-3H3. The van der Waals surface area contributed by atoms with Gasteiger partial charge < -0.3 is 4.90 Å². The van der Waals surface area contributed by atoms with Crippen LogP contribution in [0.2, 0.25) is 5.02 Å². The van der Waals surface area contributed by atoms with Crippen molar-refractivity contribution in [1.82, 2.24) is 19.1 Å². The van der Waals surface area contributed by atoms with Crippen molar-refractivity contribution in [2.24, 2.45) is 0 Å². The molecule has 0 atom stereocenters. The molecule has 0 radical (unpaired) electrons. The maximum atomic E-state index is 13.0. The summed E-state index contributed by atoms with van der Waals surface area (Å²) in [4.78, 5) is 21.5. The average Bonchev–Trinajstić information content (AvgIpc) is 3.13. The van der Waals surface area contributed by atoms with Crippen molar-refractivity contribution in [2.75, 3.05) is 39.3 Å². The maximum absolute atomic E-state index is 13.0. The van der Waals surface area contributed by atoms with Gasteiger partial charge in [-0.05, 0) is 25.1 Å². The molecule has 30 heavy (non-hydrogen) atoms. The number of carbonyl (C=O) groups excluding carboxylic acids is 1. The zero-order valence-electron chi connectivity index (χ0n) is 17.5. The number of hydrogen-bond acceptors (Lipinski definition) is 6. The third-order valence-corrected chi connectivity index (χ3v) is 8.57. The Balaban J connectivity index is 1.70. The normalized spacial score (nSPS) is 15.7. The van der Waals surface area contributed by atoms with Crippen molar-refractivity contribution in [3.05, 3.63) is 44.9 Å². The lowest BCUT2D eigenvalue weighted by molar-refractivity contribution is 0.0627. The number of carbonyl (C=O) groups is 1. The van der Waals surface area contributed by atoms with E-state index in [-0.39, 0.29) is 15.8 Å². The number of nitrogens with zero attached hydrogens (tertiary/aromatic N) is 4. The van der Waals surface area contributed by atoms with Crippen molar-refractivity contribution >= 4 is 38.9 Å². The van der Waals surface area contributed by atoms with Crippen LogP contribution in [0.1, 0.15) is 34.9 Å². The summed E-state index contributed by atoms with van der Waals surface area (Å²) in [6, 6.07) is 4.49. The van der Waals surface area contributed by atoms with Crippen LogP contribution in [0.3, 0.4) is 0 Å². The van der Waals surface area contributed by atoms with Crippen LogP contribution in [-0.2, 0) is 16.6 Å². The van der Waals surface area contributed by atoms with Gasteiger partial charge in [0.15, 0.2) is 0 Å². The molecule has 1 aromatic heterocycles. The van der Waals surface area contributed by atoms with Crippen LogP contribution in [0.5, 0.6) is 0 Å². The van der Waals surface area contributed by atoms with E-state index in [4.69, 9.17) is 11.6 Å². The SMILES string of the molecule is CCN(CC)S(=O)(=O)c1cc(C(=O)N2CCN(Cc3csc(C)n3)CC2)ccc1Cl. The molecule has 1 fully saturated rings. The molecule has 1 aliphatic rings. The van der Waals surface area contributed by atoms with E-state index in [1.807, 2.05) is 6.92 Å². The Hall–Kier alpha value is -1.52. The average molecular weight is 471 g/mol. The number of halogens is 1. The number of hydrogen-bond donors (Lipinski definition) is 0. The highest BCUT2D eigenvalue weighted by Gasteiger charge is 2.28. The summed E-state index contributed by atoms with van der Waals surface area (Å²) in [6.07, 6.45) is 0. The number of aryl methyl sites for hydroxylation is 1. The van der Waals surface area contributed by atoms with Gasteiger partial charge >= 0.3 is 0 Å². The van der Waals surface area contributed by atoms with E-state index >= 15 is 0 Å². The third-order valence-electron chi connectivity index (χ3n) is 5.21. The number of amides is 1. The summed E-state index contributed by atoms with van der Waals surface area (Å²) < 4.78 is 27.1. The molecule has 10 heteroatoms. The van der Waals surface area contributed by atoms with Crippen LogP contribution in [-0.4, -0.2) is 72.7 Å². The lowest BCUT2D eigenvalue weighted by Crippen LogP contribution is -2.48. The fraction of sp³-hybridized carbons (Fsp3) is 0.500. The first kappa shape index (κ1) is 23.1. The van der Waals surface area contributed by atoms with E-state index in [1.165, 1.54) is 16.4 Å². The van der Waals surface area contributed by atoms with Crippen LogP contribution in [0.4, 0.5) is 0 Å². The number of rotatable bonds is 7. The Morgan fingerprint density at radius 3 is 2.43 bits per heavy atom. The lowest BCUT2D eigenvalue weighted by atomic mass is 10.2. The minimum absolute atomic E-state index is 0.0174. The van der Waals surface area contributed by atoms with Crippen LogP contribution in [0, 0.1) is 6.92 Å². The van der Waals surface area contributed by atoms with Crippen LogP contribution in [0.15, 0.2) is 28.5 Å². The molecule has 1 amide bonds. The Bertz CT molecular complexity index is 997. The van der Waals surface area contributed by atoms with E-state index in [0.717, 1.165) is 30.3 Å². The molecule has 0 spiro atoms. The summed E-state index contributed by atoms with van der Waals surface area (Å²) in [7, 11) is -3.74.